The number of hydrogen-bond acceptors (Lipinski definition) is 4. The first-order valence-corrected chi connectivity index (χ1v) is 13.9. The highest BCUT2D eigenvalue weighted by Gasteiger charge is 2.37. The van der Waals surface area contributed by atoms with E-state index in [-0.39, 0.29) is 22.8 Å². The average Bonchev–Trinajstić information content (AvgIpc) is 3.36. The van der Waals surface area contributed by atoms with Crippen LogP contribution in [-0.4, -0.2) is 43.6 Å². The molecule has 1 amide bonds. The molecule has 2 heterocycles. The molecule has 1 unspecified atom stereocenters. The van der Waals surface area contributed by atoms with Gasteiger partial charge in [0, 0.05) is 43.9 Å². The number of aryl methyl sites for hydroxylation is 1. The van der Waals surface area contributed by atoms with Crippen LogP contribution in [0.4, 0.5) is 5.69 Å². The Hall–Kier alpha value is -3.21. The standard InChI is InChI=1S/C33H42N2O3/c1-22-17-28-29(33(5,6)14-13-32(28,3)4)19-24(22)18-27-11-12-30(38-27)31(36)34-15-16-35(23(2)21-34)25-9-8-10-26(20-25)37-7/h8-12,17,19-20,23H,13-16,18,21H2,1-7H3. The summed E-state index contributed by atoms with van der Waals surface area (Å²) in [6.45, 7) is 15.9. The summed E-state index contributed by atoms with van der Waals surface area (Å²) in [7, 11) is 1.69. The van der Waals surface area contributed by atoms with Crippen molar-refractivity contribution in [1.29, 1.82) is 0 Å². The van der Waals surface area contributed by atoms with E-state index >= 15 is 0 Å². The first-order chi connectivity index (χ1) is 18.0. The lowest BCUT2D eigenvalue weighted by molar-refractivity contribution is 0.0692. The Morgan fingerprint density at radius 1 is 1.00 bits per heavy atom. The Balaban J connectivity index is 1.29. The molecule has 1 aliphatic carbocycles. The van der Waals surface area contributed by atoms with Crippen molar-refractivity contribution in [3.63, 3.8) is 0 Å². The van der Waals surface area contributed by atoms with Crippen LogP contribution in [0.5, 0.6) is 5.75 Å². The molecular formula is C33H42N2O3. The third-order valence-corrected chi connectivity index (χ3v) is 8.85. The van der Waals surface area contributed by atoms with E-state index in [2.05, 4.69) is 70.7 Å². The molecule has 0 spiro atoms. The van der Waals surface area contributed by atoms with E-state index in [1.54, 1.807) is 7.11 Å². The van der Waals surface area contributed by atoms with Gasteiger partial charge in [-0.3, -0.25) is 4.79 Å². The summed E-state index contributed by atoms with van der Waals surface area (Å²) in [5.74, 6) is 2.09. The Labute approximate surface area is 227 Å². The highest BCUT2D eigenvalue weighted by Crippen LogP contribution is 2.46. The van der Waals surface area contributed by atoms with Crippen molar-refractivity contribution in [3.8, 4) is 5.75 Å². The van der Waals surface area contributed by atoms with Crippen molar-refractivity contribution in [3.05, 3.63) is 82.3 Å². The lowest BCUT2D eigenvalue weighted by Gasteiger charge is -2.42. The normalized spacial score (nSPS) is 20.2. The number of amides is 1. The second-order valence-corrected chi connectivity index (χ2v) is 12.5. The Morgan fingerprint density at radius 3 is 2.39 bits per heavy atom. The van der Waals surface area contributed by atoms with Crippen LogP contribution in [0.15, 0.2) is 52.9 Å². The SMILES string of the molecule is COc1cccc(N2CCN(C(=O)c3ccc(Cc4cc5c(cc4C)C(C)(C)CCC5(C)C)o3)CC2C)c1. The maximum absolute atomic E-state index is 13.4. The predicted octanol–water partition coefficient (Wildman–Crippen LogP) is 6.89. The number of piperazine rings is 1. The lowest BCUT2D eigenvalue weighted by atomic mass is 9.62. The highest BCUT2D eigenvalue weighted by molar-refractivity contribution is 5.91. The largest absolute Gasteiger partial charge is 0.497 e. The van der Waals surface area contributed by atoms with Gasteiger partial charge < -0.3 is 19.0 Å². The van der Waals surface area contributed by atoms with E-state index in [0.29, 0.717) is 25.3 Å². The van der Waals surface area contributed by atoms with Crippen molar-refractivity contribution >= 4 is 11.6 Å². The first kappa shape index (κ1) is 26.4. The number of anilines is 1. The first-order valence-electron chi connectivity index (χ1n) is 13.9. The minimum absolute atomic E-state index is 0.0292. The molecule has 1 atom stereocenters. The summed E-state index contributed by atoms with van der Waals surface area (Å²) in [6, 6.07) is 16.9. The quantitative estimate of drug-likeness (QED) is 0.372. The molecule has 0 saturated carbocycles. The van der Waals surface area contributed by atoms with Crippen molar-refractivity contribution in [2.75, 3.05) is 31.6 Å². The predicted molar refractivity (Wildman–Crippen MR) is 154 cm³/mol. The molecule has 2 aliphatic rings. The summed E-state index contributed by atoms with van der Waals surface area (Å²) >= 11 is 0. The zero-order valence-electron chi connectivity index (χ0n) is 24.1. The lowest BCUT2D eigenvalue weighted by Crippen LogP contribution is -2.53. The fourth-order valence-electron chi connectivity index (χ4n) is 6.20. The number of benzene rings is 2. The Bertz CT molecular complexity index is 1340. The van der Waals surface area contributed by atoms with Gasteiger partial charge in [-0.2, -0.15) is 0 Å². The van der Waals surface area contributed by atoms with E-state index < -0.39 is 0 Å². The third kappa shape index (κ3) is 4.95. The van der Waals surface area contributed by atoms with Crippen LogP contribution in [-0.2, 0) is 17.3 Å². The number of hydrogen-bond donors (Lipinski definition) is 0. The Kier molecular flexibility index (Phi) is 6.83. The molecule has 0 bridgehead atoms. The topological polar surface area (TPSA) is 45.9 Å². The van der Waals surface area contributed by atoms with Crippen LogP contribution in [0.2, 0.25) is 0 Å². The number of rotatable bonds is 5. The molecular weight excluding hydrogens is 472 g/mol. The fourth-order valence-corrected chi connectivity index (χ4v) is 6.20. The van der Waals surface area contributed by atoms with Gasteiger partial charge in [0.15, 0.2) is 5.76 Å². The van der Waals surface area contributed by atoms with Gasteiger partial charge in [-0.1, -0.05) is 45.9 Å². The van der Waals surface area contributed by atoms with Crippen molar-refractivity contribution in [2.24, 2.45) is 0 Å². The second-order valence-electron chi connectivity index (χ2n) is 12.5. The van der Waals surface area contributed by atoms with Crippen LogP contribution in [0.3, 0.4) is 0 Å². The van der Waals surface area contributed by atoms with Crippen LogP contribution in [0.1, 0.15) is 86.0 Å². The van der Waals surface area contributed by atoms with Crippen molar-refractivity contribution in [2.45, 2.75) is 77.7 Å². The number of fused-ring (bicyclic) bond motifs is 1. The molecule has 1 aliphatic heterocycles. The molecule has 202 valence electrons. The van der Waals surface area contributed by atoms with Gasteiger partial charge in [-0.05, 0) is 84.0 Å². The monoisotopic (exact) mass is 514 g/mol. The zero-order valence-corrected chi connectivity index (χ0v) is 24.1. The molecule has 2 aromatic carbocycles. The molecule has 5 rings (SSSR count). The van der Waals surface area contributed by atoms with E-state index in [9.17, 15) is 4.79 Å². The summed E-state index contributed by atoms with van der Waals surface area (Å²) in [6.07, 6.45) is 3.10. The summed E-state index contributed by atoms with van der Waals surface area (Å²) in [5.41, 5.74) is 7.00. The fraction of sp³-hybridized carbons (Fsp3) is 0.485. The van der Waals surface area contributed by atoms with Gasteiger partial charge in [-0.15, -0.1) is 0 Å². The third-order valence-electron chi connectivity index (χ3n) is 8.85. The molecule has 0 radical (unpaired) electrons. The van der Waals surface area contributed by atoms with Crippen molar-refractivity contribution in [1.82, 2.24) is 4.90 Å². The Morgan fingerprint density at radius 2 is 1.71 bits per heavy atom. The van der Waals surface area contributed by atoms with E-state index in [1.807, 2.05) is 29.2 Å². The number of methoxy groups -OCH3 is 1. The molecule has 3 aromatic rings. The van der Waals surface area contributed by atoms with Gasteiger partial charge in [0.2, 0.25) is 0 Å². The zero-order chi connectivity index (χ0) is 27.2. The molecule has 1 saturated heterocycles. The van der Waals surface area contributed by atoms with Crippen LogP contribution in [0, 0.1) is 6.92 Å². The molecule has 5 nitrogen and oxygen atoms in total. The van der Waals surface area contributed by atoms with E-state index in [1.165, 1.54) is 35.1 Å². The van der Waals surface area contributed by atoms with Gasteiger partial charge in [0.05, 0.1) is 7.11 Å². The van der Waals surface area contributed by atoms with Crippen molar-refractivity contribution < 1.29 is 13.9 Å². The van der Waals surface area contributed by atoms with Gasteiger partial charge in [0.1, 0.15) is 11.5 Å². The summed E-state index contributed by atoms with van der Waals surface area (Å²) < 4.78 is 11.5. The molecule has 38 heavy (non-hydrogen) atoms. The molecule has 0 N–H and O–H groups in total. The van der Waals surface area contributed by atoms with E-state index in [0.717, 1.165) is 23.7 Å². The molecule has 5 heteroatoms. The highest BCUT2D eigenvalue weighted by atomic mass is 16.5. The number of carbonyl (C=O) groups excluding carboxylic acids is 1. The number of ether oxygens (including phenoxy) is 1. The van der Waals surface area contributed by atoms with Gasteiger partial charge in [-0.25, -0.2) is 0 Å². The van der Waals surface area contributed by atoms with Crippen LogP contribution >= 0.6 is 0 Å². The minimum atomic E-state index is -0.0292. The maximum atomic E-state index is 13.4. The molecule has 1 fully saturated rings. The number of furan rings is 1. The summed E-state index contributed by atoms with van der Waals surface area (Å²) in [4.78, 5) is 17.6. The smallest absolute Gasteiger partial charge is 0.289 e. The van der Waals surface area contributed by atoms with Crippen LogP contribution in [0.25, 0.3) is 0 Å². The van der Waals surface area contributed by atoms with Gasteiger partial charge >= 0.3 is 0 Å². The number of carbonyl (C=O) groups is 1. The maximum Gasteiger partial charge on any atom is 0.289 e. The summed E-state index contributed by atoms with van der Waals surface area (Å²) in [5, 5.41) is 0. The van der Waals surface area contributed by atoms with E-state index in [4.69, 9.17) is 9.15 Å². The average molecular weight is 515 g/mol. The van der Waals surface area contributed by atoms with Gasteiger partial charge in [0.25, 0.3) is 5.91 Å². The minimum Gasteiger partial charge on any atom is -0.497 e. The second kappa shape index (κ2) is 9.83. The van der Waals surface area contributed by atoms with Crippen LogP contribution < -0.4 is 9.64 Å². The molecule has 1 aromatic heterocycles. The number of nitrogens with zero attached hydrogens (tertiary/aromatic N) is 2.